The molecule has 0 fully saturated rings. The Morgan fingerprint density at radius 2 is 2.43 bits per heavy atom. The van der Waals surface area contributed by atoms with Crippen LogP contribution in [0.3, 0.4) is 0 Å². The number of thiophene rings is 1. The van der Waals surface area contributed by atoms with E-state index in [0.29, 0.717) is 6.42 Å². The Bertz CT molecular complexity index is 280. The zero-order valence-electron chi connectivity index (χ0n) is 8.43. The van der Waals surface area contributed by atoms with Crippen molar-refractivity contribution in [3.63, 3.8) is 0 Å². The van der Waals surface area contributed by atoms with Gasteiger partial charge in [0.2, 0.25) is 5.91 Å². The smallest absolute Gasteiger partial charge is 0.232 e. The molecule has 0 bridgehead atoms. The molecule has 1 amide bonds. The topological polar surface area (TPSA) is 40.5 Å². The third-order valence-electron chi connectivity index (χ3n) is 2.23. The van der Waals surface area contributed by atoms with Crippen molar-refractivity contribution in [2.24, 2.45) is 5.92 Å². The van der Waals surface area contributed by atoms with Crippen LogP contribution in [0.5, 0.6) is 0 Å². The molecular formula is C10H15NO2S. The fourth-order valence-corrected chi connectivity index (χ4v) is 1.93. The molecule has 1 atom stereocenters. The average Bonchev–Trinajstić information content (AvgIpc) is 2.71. The molecule has 3 nitrogen and oxygen atoms in total. The van der Waals surface area contributed by atoms with Crippen molar-refractivity contribution in [2.45, 2.75) is 13.3 Å². The largest absolute Gasteiger partial charge is 0.396 e. The summed E-state index contributed by atoms with van der Waals surface area (Å²) in [6.07, 6.45) is 0.672. The molecule has 0 radical (unpaired) electrons. The van der Waals surface area contributed by atoms with E-state index in [-0.39, 0.29) is 18.4 Å². The fourth-order valence-electron chi connectivity index (χ4n) is 1.23. The Balaban J connectivity index is 2.69. The summed E-state index contributed by atoms with van der Waals surface area (Å²) in [5.74, 6) is -0.292. The lowest BCUT2D eigenvalue weighted by Crippen LogP contribution is -2.33. The quantitative estimate of drug-likeness (QED) is 0.827. The van der Waals surface area contributed by atoms with Crippen LogP contribution >= 0.6 is 11.3 Å². The number of carbonyl (C=O) groups excluding carboxylic acids is 1. The second-order valence-corrected chi connectivity index (χ2v) is 4.06. The normalized spacial score (nSPS) is 12.5. The van der Waals surface area contributed by atoms with Gasteiger partial charge in [0.1, 0.15) is 0 Å². The number of rotatable bonds is 4. The second-order valence-electron chi connectivity index (χ2n) is 3.14. The molecule has 1 unspecified atom stereocenters. The van der Waals surface area contributed by atoms with Crippen molar-refractivity contribution in [2.75, 3.05) is 18.6 Å². The van der Waals surface area contributed by atoms with Crippen LogP contribution < -0.4 is 4.90 Å². The number of aliphatic hydroxyl groups is 1. The molecule has 1 aromatic heterocycles. The number of aliphatic hydroxyl groups excluding tert-OH is 1. The minimum Gasteiger partial charge on any atom is -0.396 e. The van der Waals surface area contributed by atoms with E-state index < -0.39 is 0 Å². The Labute approximate surface area is 88.0 Å². The first-order valence-electron chi connectivity index (χ1n) is 4.62. The molecular weight excluding hydrogens is 198 g/mol. The van der Waals surface area contributed by atoms with E-state index >= 15 is 0 Å². The molecule has 0 aliphatic rings. The van der Waals surface area contributed by atoms with Crippen LogP contribution in [0.1, 0.15) is 13.3 Å². The summed E-state index contributed by atoms with van der Waals surface area (Å²) in [5.41, 5.74) is 0. The SMILES string of the molecule is CCC(CO)C(=O)N(C)c1cccs1. The predicted molar refractivity (Wildman–Crippen MR) is 58.6 cm³/mol. The Hall–Kier alpha value is -0.870. The third kappa shape index (κ3) is 2.33. The summed E-state index contributed by atoms with van der Waals surface area (Å²) in [4.78, 5) is 13.4. The molecule has 4 heteroatoms. The minimum absolute atomic E-state index is 0.0162. The molecule has 0 spiro atoms. The zero-order valence-corrected chi connectivity index (χ0v) is 9.25. The highest BCUT2D eigenvalue weighted by Crippen LogP contribution is 2.21. The lowest BCUT2D eigenvalue weighted by atomic mass is 10.1. The molecule has 0 aromatic carbocycles. The van der Waals surface area contributed by atoms with Gasteiger partial charge in [0.05, 0.1) is 17.5 Å². The van der Waals surface area contributed by atoms with Gasteiger partial charge in [-0.15, -0.1) is 11.3 Å². The maximum atomic E-state index is 11.8. The van der Waals surface area contributed by atoms with Gasteiger partial charge in [-0.2, -0.15) is 0 Å². The Morgan fingerprint density at radius 1 is 1.71 bits per heavy atom. The summed E-state index contributed by atoms with van der Waals surface area (Å²) in [7, 11) is 1.74. The monoisotopic (exact) mass is 213 g/mol. The fraction of sp³-hybridized carbons (Fsp3) is 0.500. The number of hydrogen-bond donors (Lipinski definition) is 1. The summed E-state index contributed by atoms with van der Waals surface area (Å²) >= 11 is 1.52. The number of nitrogens with zero attached hydrogens (tertiary/aromatic N) is 1. The van der Waals surface area contributed by atoms with Crippen LogP contribution in [0.4, 0.5) is 5.00 Å². The summed E-state index contributed by atoms with van der Waals surface area (Å²) in [6.45, 7) is 1.83. The Kier molecular flexibility index (Phi) is 4.10. The first-order chi connectivity index (χ1) is 6.70. The van der Waals surface area contributed by atoms with Gasteiger partial charge in [0.15, 0.2) is 0 Å². The first-order valence-corrected chi connectivity index (χ1v) is 5.50. The van der Waals surface area contributed by atoms with Gasteiger partial charge in [-0.25, -0.2) is 0 Å². The Morgan fingerprint density at radius 3 is 2.86 bits per heavy atom. The van der Waals surface area contributed by atoms with Crippen molar-refractivity contribution < 1.29 is 9.90 Å². The maximum absolute atomic E-state index is 11.8. The first kappa shape index (κ1) is 11.2. The number of anilines is 1. The number of hydrogen-bond acceptors (Lipinski definition) is 3. The molecule has 0 aliphatic heterocycles. The molecule has 1 N–H and O–H groups in total. The van der Waals surface area contributed by atoms with E-state index in [4.69, 9.17) is 5.11 Å². The van der Waals surface area contributed by atoms with Gasteiger partial charge < -0.3 is 10.0 Å². The maximum Gasteiger partial charge on any atom is 0.232 e. The van der Waals surface area contributed by atoms with Gasteiger partial charge in [0.25, 0.3) is 0 Å². The van der Waals surface area contributed by atoms with Gasteiger partial charge >= 0.3 is 0 Å². The van der Waals surface area contributed by atoms with Crippen LogP contribution in [0.25, 0.3) is 0 Å². The van der Waals surface area contributed by atoms with Gasteiger partial charge in [-0.1, -0.05) is 6.92 Å². The van der Waals surface area contributed by atoms with Gasteiger partial charge in [0, 0.05) is 7.05 Å². The predicted octanol–water partition coefficient (Wildman–Crippen LogP) is 1.73. The number of carbonyl (C=O) groups is 1. The van der Waals surface area contributed by atoms with Crippen LogP contribution in [0.2, 0.25) is 0 Å². The van der Waals surface area contributed by atoms with Crippen LogP contribution in [-0.2, 0) is 4.79 Å². The number of amides is 1. The summed E-state index contributed by atoms with van der Waals surface area (Å²) in [6, 6.07) is 3.80. The highest BCUT2D eigenvalue weighted by atomic mass is 32.1. The van der Waals surface area contributed by atoms with E-state index in [9.17, 15) is 4.79 Å². The lowest BCUT2D eigenvalue weighted by Gasteiger charge is -2.19. The van der Waals surface area contributed by atoms with E-state index in [0.717, 1.165) is 5.00 Å². The molecule has 1 heterocycles. The van der Waals surface area contributed by atoms with Crippen molar-refractivity contribution in [3.05, 3.63) is 17.5 Å². The van der Waals surface area contributed by atoms with E-state index in [1.165, 1.54) is 11.3 Å². The lowest BCUT2D eigenvalue weighted by molar-refractivity contribution is -0.123. The summed E-state index contributed by atoms with van der Waals surface area (Å²) in [5, 5.41) is 11.8. The molecule has 0 saturated carbocycles. The minimum atomic E-state index is -0.276. The molecule has 1 aromatic rings. The second kappa shape index (κ2) is 5.12. The zero-order chi connectivity index (χ0) is 10.6. The standard InChI is InChI=1S/C10H15NO2S/c1-3-8(7-12)10(13)11(2)9-5-4-6-14-9/h4-6,8,12H,3,7H2,1-2H3. The van der Waals surface area contributed by atoms with E-state index in [2.05, 4.69) is 0 Å². The molecule has 0 aliphatic carbocycles. The van der Waals surface area contributed by atoms with Crippen molar-refractivity contribution in [1.29, 1.82) is 0 Å². The molecule has 14 heavy (non-hydrogen) atoms. The summed E-state index contributed by atoms with van der Waals surface area (Å²) < 4.78 is 0. The third-order valence-corrected chi connectivity index (χ3v) is 3.17. The van der Waals surface area contributed by atoms with Crippen LogP contribution in [0.15, 0.2) is 17.5 Å². The van der Waals surface area contributed by atoms with E-state index in [1.54, 1.807) is 11.9 Å². The van der Waals surface area contributed by atoms with E-state index in [1.807, 2.05) is 24.4 Å². The van der Waals surface area contributed by atoms with Crippen LogP contribution in [0, 0.1) is 5.92 Å². The average molecular weight is 213 g/mol. The molecule has 0 saturated heterocycles. The van der Waals surface area contributed by atoms with Crippen molar-refractivity contribution in [1.82, 2.24) is 0 Å². The van der Waals surface area contributed by atoms with Crippen molar-refractivity contribution >= 4 is 22.2 Å². The highest BCUT2D eigenvalue weighted by Gasteiger charge is 2.20. The molecule has 1 rings (SSSR count). The molecule has 78 valence electrons. The van der Waals surface area contributed by atoms with Crippen LogP contribution in [-0.4, -0.2) is 24.7 Å². The van der Waals surface area contributed by atoms with Gasteiger partial charge in [-0.3, -0.25) is 4.79 Å². The van der Waals surface area contributed by atoms with Gasteiger partial charge in [-0.05, 0) is 23.9 Å². The van der Waals surface area contributed by atoms with Crippen molar-refractivity contribution in [3.8, 4) is 0 Å². The highest BCUT2D eigenvalue weighted by molar-refractivity contribution is 7.14.